The van der Waals surface area contributed by atoms with Crippen LogP contribution in [0.1, 0.15) is 12.0 Å². The lowest BCUT2D eigenvalue weighted by atomic mass is 10.1. The highest BCUT2D eigenvalue weighted by Crippen LogP contribution is 2.20. The molecule has 1 aromatic rings. The zero-order valence-electron chi connectivity index (χ0n) is 8.30. The van der Waals surface area contributed by atoms with E-state index in [0.717, 1.165) is 23.0 Å². The molecular weight excluding hydrogens is 276 g/mol. The number of non-ortho nitro benzene ring substituents is 1. The molecule has 0 N–H and O–H groups in total. The molecule has 0 saturated heterocycles. The summed E-state index contributed by atoms with van der Waals surface area (Å²) < 4.78 is 0. The van der Waals surface area contributed by atoms with Gasteiger partial charge in [-0.25, -0.2) is 0 Å². The summed E-state index contributed by atoms with van der Waals surface area (Å²) in [6.45, 7) is 0. The van der Waals surface area contributed by atoms with E-state index in [1.807, 2.05) is 0 Å². The van der Waals surface area contributed by atoms with Crippen molar-refractivity contribution in [3.8, 4) is 0 Å². The highest BCUT2D eigenvalue weighted by molar-refractivity contribution is 9.09. The Morgan fingerprint density at radius 3 is 2.69 bits per heavy atom. The molecule has 0 fully saturated rings. The third kappa shape index (κ3) is 2.21. The van der Waals surface area contributed by atoms with Crippen LogP contribution < -0.4 is 0 Å². The number of hydrogen-bond acceptors (Lipinski definition) is 4. The molecule has 1 heterocycles. The second kappa shape index (κ2) is 4.61. The second-order valence-corrected chi connectivity index (χ2v) is 4.08. The maximum atomic E-state index is 10.5. The molecule has 0 radical (unpaired) electrons. The van der Waals surface area contributed by atoms with E-state index < -0.39 is 4.92 Å². The van der Waals surface area contributed by atoms with Crippen LogP contribution in [0.5, 0.6) is 0 Å². The van der Waals surface area contributed by atoms with Crippen molar-refractivity contribution in [3.05, 3.63) is 39.9 Å². The predicted molar refractivity (Wildman–Crippen MR) is 62.9 cm³/mol. The maximum Gasteiger partial charge on any atom is 0.269 e. The number of oxime groups is 1. The Labute approximate surface area is 100 Å². The van der Waals surface area contributed by atoms with E-state index in [-0.39, 0.29) is 11.8 Å². The predicted octanol–water partition coefficient (Wildman–Crippen LogP) is 2.48. The molecule has 0 spiro atoms. The molecule has 84 valence electrons. The van der Waals surface area contributed by atoms with Gasteiger partial charge in [0.2, 0.25) is 0 Å². The summed E-state index contributed by atoms with van der Waals surface area (Å²) in [5.74, 6) is 0. The van der Waals surface area contributed by atoms with Crippen LogP contribution in [-0.2, 0) is 4.84 Å². The van der Waals surface area contributed by atoms with Crippen LogP contribution in [0.3, 0.4) is 0 Å². The summed E-state index contributed by atoms with van der Waals surface area (Å²) in [5, 5.41) is 15.2. The van der Waals surface area contributed by atoms with Crippen molar-refractivity contribution >= 4 is 27.3 Å². The molecule has 0 aromatic heterocycles. The van der Waals surface area contributed by atoms with Gasteiger partial charge in [-0.3, -0.25) is 10.1 Å². The van der Waals surface area contributed by atoms with E-state index in [9.17, 15) is 10.1 Å². The number of alkyl halides is 1. The second-order valence-electron chi connectivity index (χ2n) is 3.43. The molecule has 2 rings (SSSR count). The SMILES string of the molecule is O=[N+]([O-])c1ccc(C2=NOC(CBr)C2)cc1. The first-order valence-electron chi connectivity index (χ1n) is 4.74. The van der Waals surface area contributed by atoms with Crippen LogP contribution in [0.25, 0.3) is 0 Å². The average Bonchev–Trinajstić information content (AvgIpc) is 2.77. The molecule has 16 heavy (non-hydrogen) atoms. The van der Waals surface area contributed by atoms with Gasteiger partial charge in [0.15, 0.2) is 0 Å². The van der Waals surface area contributed by atoms with Crippen LogP contribution in [0.4, 0.5) is 5.69 Å². The van der Waals surface area contributed by atoms with E-state index in [1.165, 1.54) is 12.1 Å². The molecule has 0 amide bonds. The summed E-state index contributed by atoms with van der Waals surface area (Å²) in [6.07, 6.45) is 0.786. The third-order valence-corrected chi connectivity index (χ3v) is 3.04. The van der Waals surface area contributed by atoms with Gasteiger partial charge in [-0.1, -0.05) is 21.1 Å². The smallest absolute Gasteiger partial charge is 0.269 e. The monoisotopic (exact) mass is 284 g/mol. The normalized spacial score (nSPS) is 19.1. The Morgan fingerprint density at radius 2 is 2.19 bits per heavy atom. The highest BCUT2D eigenvalue weighted by atomic mass is 79.9. The fourth-order valence-corrected chi connectivity index (χ4v) is 1.80. The average molecular weight is 285 g/mol. The molecule has 0 aliphatic carbocycles. The van der Waals surface area contributed by atoms with Crippen LogP contribution in [0.2, 0.25) is 0 Å². The molecule has 1 aromatic carbocycles. The fraction of sp³-hybridized carbons (Fsp3) is 0.300. The summed E-state index contributed by atoms with van der Waals surface area (Å²) in [5.41, 5.74) is 1.79. The van der Waals surface area contributed by atoms with Gasteiger partial charge in [-0.2, -0.15) is 0 Å². The number of rotatable bonds is 3. The number of nitrogens with zero attached hydrogens (tertiary/aromatic N) is 2. The molecule has 0 bridgehead atoms. The van der Waals surface area contributed by atoms with E-state index in [2.05, 4.69) is 21.1 Å². The lowest BCUT2D eigenvalue weighted by molar-refractivity contribution is -0.384. The molecule has 6 heteroatoms. The largest absolute Gasteiger partial charge is 0.391 e. The van der Waals surface area contributed by atoms with Crippen molar-refractivity contribution in [3.63, 3.8) is 0 Å². The van der Waals surface area contributed by atoms with Crippen LogP contribution in [0.15, 0.2) is 29.4 Å². The van der Waals surface area contributed by atoms with Gasteiger partial charge < -0.3 is 4.84 Å². The van der Waals surface area contributed by atoms with Gasteiger partial charge in [0, 0.05) is 23.9 Å². The Kier molecular flexibility index (Phi) is 3.19. The number of halogens is 1. The summed E-state index contributed by atoms with van der Waals surface area (Å²) in [7, 11) is 0. The van der Waals surface area contributed by atoms with Gasteiger partial charge in [0.1, 0.15) is 6.10 Å². The Hall–Kier alpha value is -1.43. The number of benzene rings is 1. The lowest BCUT2D eigenvalue weighted by Gasteiger charge is -2.01. The minimum Gasteiger partial charge on any atom is -0.391 e. The first-order valence-corrected chi connectivity index (χ1v) is 5.86. The van der Waals surface area contributed by atoms with Gasteiger partial charge in [0.25, 0.3) is 5.69 Å². The van der Waals surface area contributed by atoms with E-state index in [4.69, 9.17) is 4.84 Å². The highest BCUT2D eigenvalue weighted by Gasteiger charge is 2.21. The van der Waals surface area contributed by atoms with Crippen molar-refractivity contribution in [2.75, 3.05) is 5.33 Å². The first kappa shape index (κ1) is 11.1. The fourth-order valence-electron chi connectivity index (χ4n) is 1.46. The minimum atomic E-state index is -0.419. The summed E-state index contributed by atoms with van der Waals surface area (Å²) >= 11 is 3.32. The quantitative estimate of drug-likeness (QED) is 0.487. The topological polar surface area (TPSA) is 64.7 Å². The third-order valence-electron chi connectivity index (χ3n) is 2.32. The van der Waals surface area contributed by atoms with Crippen molar-refractivity contribution < 1.29 is 9.76 Å². The van der Waals surface area contributed by atoms with Gasteiger partial charge in [-0.15, -0.1) is 0 Å². The zero-order chi connectivity index (χ0) is 11.5. The molecule has 0 saturated carbocycles. The van der Waals surface area contributed by atoms with Crippen molar-refractivity contribution in [1.82, 2.24) is 0 Å². The Bertz CT molecular complexity index is 430. The van der Waals surface area contributed by atoms with Gasteiger partial charge in [0.05, 0.1) is 10.6 Å². The van der Waals surface area contributed by atoms with Crippen LogP contribution in [-0.4, -0.2) is 22.1 Å². The number of nitro groups is 1. The number of nitro benzene ring substituents is 1. The maximum absolute atomic E-state index is 10.5. The molecular formula is C10H9BrN2O3. The van der Waals surface area contributed by atoms with Crippen LogP contribution >= 0.6 is 15.9 Å². The van der Waals surface area contributed by atoms with Crippen molar-refractivity contribution in [2.45, 2.75) is 12.5 Å². The molecule has 5 nitrogen and oxygen atoms in total. The van der Waals surface area contributed by atoms with Crippen molar-refractivity contribution in [2.24, 2.45) is 5.16 Å². The van der Waals surface area contributed by atoms with Gasteiger partial charge in [-0.05, 0) is 17.7 Å². The minimum absolute atomic E-state index is 0.0604. The Morgan fingerprint density at radius 1 is 1.50 bits per heavy atom. The molecule has 1 unspecified atom stereocenters. The van der Waals surface area contributed by atoms with Crippen LogP contribution in [0, 0.1) is 10.1 Å². The Balaban J connectivity index is 2.14. The zero-order valence-corrected chi connectivity index (χ0v) is 9.88. The standard InChI is InChI=1S/C10H9BrN2O3/c11-6-9-5-10(12-16-9)7-1-3-8(4-2-7)13(14)15/h1-4,9H,5-6H2. The van der Waals surface area contributed by atoms with Gasteiger partial charge >= 0.3 is 0 Å². The van der Waals surface area contributed by atoms with E-state index in [1.54, 1.807) is 12.1 Å². The van der Waals surface area contributed by atoms with Crippen molar-refractivity contribution in [1.29, 1.82) is 0 Å². The molecule has 1 aliphatic heterocycles. The summed E-state index contributed by atoms with van der Waals surface area (Å²) in [4.78, 5) is 15.2. The van der Waals surface area contributed by atoms with E-state index in [0.29, 0.717) is 0 Å². The van der Waals surface area contributed by atoms with E-state index >= 15 is 0 Å². The first-order chi connectivity index (χ1) is 7.70. The molecule has 1 aliphatic rings. The lowest BCUT2D eigenvalue weighted by Crippen LogP contribution is -2.09. The summed E-state index contributed by atoms with van der Waals surface area (Å²) in [6, 6.07) is 6.33. The number of hydrogen-bond donors (Lipinski definition) is 0. The molecule has 1 atom stereocenters.